The molecule has 5 heteroatoms. The lowest BCUT2D eigenvalue weighted by Gasteiger charge is -2.09. The SMILES string of the molecule is COc1ccc(-c2ccc(C(F)(F)F)cc2)cc1Cl. The molecule has 19 heavy (non-hydrogen) atoms. The highest BCUT2D eigenvalue weighted by atomic mass is 35.5. The second kappa shape index (κ2) is 5.13. The van der Waals surface area contributed by atoms with E-state index in [4.69, 9.17) is 16.3 Å². The van der Waals surface area contributed by atoms with Crippen molar-refractivity contribution in [3.63, 3.8) is 0 Å². The van der Waals surface area contributed by atoms with E-state index >= 15 is 0 Å². The molecule has 0 saturated heterocycles. The fourth-order valence-electron chi connectivity index (χ4n) is 1.70. The Kier molecular flexibility index (Phi) is 3.71. The minimum Gasteiger partial charge on any atom is -0.495 e. The first kappa shape index (κ1) is 13.7. The minimum absolute atomic E-state index is 0.417. The Balaban J connectivity index is 2.35. The van der Waals surface area contributed by atoms with Crippen LogP contribution in [-0.4, -0.2) is 7.11 Å². The third-order valence-corrected chi connectivity index (χ3v) is 2.99. The van der Waals surface area contributed by atoms with Gasteiger partial charge in [0.1, 0.15) is 5.75 Å². The topological polar surface area (TPSA) is 9.23 Å². The van der Waals surface area contributed by atoms with E-state index in [9.17, 15) is 13.2 Å². The van der Waals surface area contributed by atoms with Gasteiger partial charge in [-0.2, -0.15) is 13.2 Å². The van der Waals surface area contributed by atoms with Gasteiger partial charge in [0, 0.05) is 0 Å². The van der Waals surface area contributed by atoms with Gasteiger partial charge in [0.05, 0.1) is 17.7 Å². The Hall–Kier alpha value is -1.68. The van der Waals surface area contributed by atoms with E-state index in [-0.39, 0.29) is 0 Å². The van der Waals surface area contributed by atoms with E-state index in [1.165, 1.54) is 19.2 Å². The van der Waals surface area contributed by atoms with Crippen molar-refractivity contribution in [2.75, 3.05) is 7.11 Å². The second-order valence-electron chi connectivity index (χ2n) is 3.92. The first-order valence-corrected chi connectivity index (χ1v) is 5.81. The average molecular weight is 287 g/mol. The fourth-order valence-corrected chi connectivity index (χ4v) is 1.96. The highest BCUT2D eigenvalue weighted by molar-refractivity contribution is 6.32. The molecule has 0 aliphatic heterocycles. The normalized spacial score (nSPS) is 11.4. The van der Waals surface area contributed by atoms with Gasteiger partial charge in [-0.1, -0.05) is 29.8 Å². The number of alkyl halides is 3. The number of ether oxygens (including phenoxy) is 1. The Morgan fingerprint density at radius 1 is 0.947 bits per heavy atom. The van der Waals surface area contributed by atoms with Crippen LogP contribution in [0, 0.1) is 0 Å². The molecule has 2 aromatic rings. The Labute approximate surface area is 113 Å². The van der Waals surface area contributed by atoms with Crippen molar-refractivity contribution >= 4 is 11.6 Å². The largest absolute Gasteiger partial charge is 0.495 e. The van der Waals surface area contributed by atoms with Crippen LogP contribution >= 0.6 is 11.6 Å². The molecular formula is C14H10ClF3O. The van der Waals surface area contributed by atoms with Crippen molar-refractivity contribution in [2.24, 2.45) is 0 Å². The summed E-state index contributed by atoms with van der Waals surface area (Å²) in [5, 5.41) is 0.417. The molecule has 0 unspecified atom stereocenters. The zero-order chi connectivity index (χ0) is 14.0. The molecule has 0 saturated carbocycles. The Morgan fingerprint density at radius 2 is 1.53 bits per heavy atom. The van der Waals surface area contributed by atoms with Crippen LogP contribution in [0.5, 0.6) is 5.75 Å². The average Bonchev–Trinajstić information content (AvgIpc) is 2.38. The fraction of sp³-hybridized carbons (Fsp3) is 0.143. The third kappa shape index (κ3) is 3.01. The highest BCUT2D eigenvalue weighted by Crippen LogP contribution is 2.33. The van der Waals surface area contributed by atoms with Crippen LogP contribution in [0.3, 0.4) is 0 Å². The Morgan fingerprint density at radius 3 is 2.00 bits per heavy atom. The van der Waals surface area contributed by atoms with E-state index in [0.29, 0.717) is 16.3 Å². The number of hydrogen-bond acceptors (Lipinski definition) is 1. The van der Waals surface area contributed by atoms with Gasteiger partial charge in [-0.25, -0.2) is 0 Å². The van der Waals surface area contributed by atoms with Crippen molar-refractivity contribution in [3.8, 4) is 16.9 Å². The molecule has 0 atom stereocenters. The first-order valence-electron chi connectivity index (χ1n) is 5.43. The molecule has 1 nitrogen and oxygen atoms in total. The van der Waals surface area contributed by atoms with E-state index in [2.05, 4.69) is 0 Å². The van der Waals surface area contributed by atoms with Crippen LogP contribution < -0.4 is 4.74 Å². The van der Waals surface area contributed by atoms with E-state index in [1.807, 2.05) is 0 Å². The zero-order valence-corrected chi connectivity index (χ0v) is 10.7. The number of benzene rings is 2. The van der Waals surface area contributed by atoms with Crippen molar-refractivity contribution in [1.29, 1.82) is 0 Å². The van der Waals surface area contributed by atoms with Crippen molar-refractivity contribution in [1.82, 2.24) is 0 Å². The van der Waals surface area contributed by atoms with Gasteiger partial charge in [0.25, 0.3) is 0 Å². The molecule has 0 spiro atoms. The molecule has 0 aliphatic rings. The van der Waals surface area contributed by atoms with Crippen LogP contribution in [0.2, 0.25) is 5.02 Å². The van der Waals surface area contributed by atoms with Crippen LogP contribution in [0.25, 0.3) is 11.1 Å². The van der Waals surface area contributed by atoms with Gasteiger partial charge in [-0.3, -0.25) is 0 Å². The Bertz CT molecular complexity index is 576. The molecule has 0 radical (unpaired) electrons. The predicted molar refractivity (Wildman–Crippen MR) is 68.4 cm³/mol. The van der Waals surface area contributed by atoms with Gasteiger partial charge in [0.15, 0.2) is 0 Å². The summed E-state index contributed by atoms with van der Waals surface area (Å²) < 4.78 is 42.4. The van der Waals surface area contributed by atoms with Gasteiger partial charge in [-0.05, 0) is 35.4 Å². The van der Waals surface area contributed by atoms with E-state index in [0.717, 1.165) is 17.7 Å². The summed E-state index contributed by atoms with van der Waals surface area (Å²) in [4.78, 5) is 0. The summed E-state index contributed by atoms with van der Waals surface area (Å²) in [6, 6.07) is 10.0. The third-order valence-electron chi connectivity index (χ3n) is 2.70. The lowest BCUT2D eigenvalue weighted by Crippen LogP contribution is -2.03. The quantitative estimate of drug-likeness (QED) is 0.752. The molecule has 0 fully saturated rings. The number of rotatable bonds is 2. The number of hydrogen-bond donors (Lipinski definition) is 0. The van der Waals surface area contributed by atoms with Crippen LogP contribution in [0.4, 0.5) is 13.2 Å². The summed E-state index contributed by atoms with van der Waals surface area (Å²) in [5.74, 6) is 0.525. The summed E-state index contributed by atoms with van der Waals surface area (Å²) in [6.07, 6.45) is -4.32. The molecule has 2 aromatic carbocycles. The maximum atomic E-state index is 12.4. The minimum atomic E-state index is -4.32. The van der Waals surface area contributed by atoms with Gasteiger partial charge < -0.3 is 4.74 Å². The predicted octanol–water partition coefficient (Wildman–Crippen LogP) is 5.03. The first-order chi connectivity index (χ1) is 8.91. The smallest absolute Gasteiger partial charge is 0.416 e. The molecule has 0 aliphatic carbocycles. The molecule has 2 rings (SSSR count). The lowest BCUT2D eigenvalue weighted by molar-refractivity contribution is -0.137. The summed E-state index contributed by atoms with van der Waals surface area (Å²) in [7, 11) is 1.50. The standard InChI is InChI=1S/C14H10ClF3O/c1-19-13-7-4-10(8-12(13)15)9-2-5-11(6-3-9)14(16,17)18/h2-8H,1H3. The van der Waals surface area contributed by atoms with E-state index < -0.39 is 11.7 Å². The van der Waals surface area contributed by atoms with Crippen LogP contribution in [0.1, 0.15) is 5.56 Å². The van der Waals surface area contributed by atoms with Crippen molar-refractivity contribution in [3.05, 3.63) is 53.1 Å². The van der Waals surface area contributed by atoms with Crippen molar-refractivity contribution < 1.29 is 17.9 Å². The zero-order valence-electron chi connectivity index (χ0n) is 9.96. The molecule has 0 N–H and O–H groups in total. The second-order valence-corrected chi connectivity index (χ2v) is 4.33. The summed E-state index contributed by atoms with van der Waals surface area (Å²) in [6.45, 7) is 0. The molecule has 100 valence electrons. The van der Waals surface area contributed by atoms with E-state index in [1.54, 1.807) is 18.2 Å². The molecular weight excluding hydrogens is 277 g/mol. The maximum Gasteiger partial charge on any atom is 0.416 e. The summed E-state index contributed by atoms with van der Waals surface area (Å²) in [5.41, 5.74) is 0.730. The lowest BCUT2D eigenvalue weighted by atomic mass is 10.0. The van der Waals surface area contributed by atoms with Crippen LogP contribution in [0.15, 0.2) is 42.5 Å². The molecule has 0 bridgehead atoms. The number of halogens is 4. The maximum absolute atomic E-state index is 12.4. The van der Waals surface area contributed by atoms with Gasteiger partial charge in [-0.15, -0.1) is 0 Å². The highest BCUT2D eigenvalue weighted by Gasteiger charge is 2.29. The van der Waals surface area contributed by atoms with Crippen molar-refractivity contribution in [2.45, 2.75) is 6.18 Å². The van der Waals surface area contributed by atoms with Gasteiger partial charge >= 0.3 is 6.18 Å². The molecule has 0 amide bonds. The van der Waals surface area contributed by atoms with Gasteiger partial charge in [0.2, 0.25) is 0 Å². The molecule has 0 heterocycles. The monoisotopic (exact) mass is 286 g/mol. The molecule has 0 aromatic heterocycles. The summed E-state index contributed by atoms with van der Waals surface area (Å²) >= 11 is 5.98. The van der Waals surface area contributed by atoms with Crippen LogP contribution in [-0.2, 0) is 6.18 Å². The number of methoxy groups -OCH3 is 1.